The lowest BCUT2D eigenvalue weighted by molar-refractivity contribution is -0.0496. The Balaban J connectivity index is 3.51. The number of hydrogen-bond acceptors (Lipinski definition) is 1. The monoisotopic (exact) mass is 228 g/mol. The summed E-state index contributed by atoms with van der Waals surface area (Å²) in [4.78, 5) is 0. The lowest BCUT2D eigenvalue weighted by atomic mass is 9.75. The third-order valence-electron chi connectivity index (χ3n) is 3.88. The molecule has 1 atom stereocenters. The summed E-state index contributed by atoms with van der Waals surface area (Å²) in [7, 11) is 0. The predicted molar refractivity (Wildman–Crippen MR) is 72.7 cm³/mol. The van der Waals surface area contributed by atoms with E-state index >= 15 is 0 Å². The fourth-order valence-electron chi connectivity index (χ4n) is 1.80. The lowest BCUT2D eigenvalue weighted by Crippen LogP contribution is -2.39. The molecule has 0 aliphatic heterocycles. The number of unbranched alkanes of at least 4 members (excludes halogenated alkanes) is 6. The smallest absolute Gasteiger partial charge is 0.0667 e. The van der Waals surface area contributed by atoms with Gasteiger partial charge in [0, 0.05) is 0 Å². The molecule has 0 saturated carbocycles. The van der Waals surface area contributed by atoms with Gasteiger partial charge in [0.05, 0.1) is 5.60 Å². The minimum absolute atomic E-state index is 0.00475. The first-order valence-corrected chi connectivity index (χ1v) is 7.03. The molecule has 0 aromatic rings. The van der Waals surface area contributed by atoms with Crippen molar-refractivity contribution in [3.8, 4) is 0 Å². The maximum atomic E-state index is 10.3. The standard InChI is InChI=1S/C15H32O/c1-6-7-8-9-10-11-12-13-15(5,16)14(2,3)4/h16H,6-13H2,1-5H3. The zero-order valence-corrected chi connectivity index (χ0v) is 12.1. The van der Waals surface area contributed by atoms with E-state index in [4.69, 9.17) is 0 Å². The van der Waals surface area contributed by atoms with Crippen molar-refractivity contribution in [2.75, 3.05) is 0 Å². The van der Waals surface area contributed by atoms with Crippen LogP contribution < -0.4 is 0 Å². The van der Waals surface area contributed by atoms with Crippen LogP contribution in [0.2, 0.25) is 0 Å². The third-order valence-corrected chi connectivity index (χ3v) is 3.88. The fourth-order valence-corrected chi connectivity index (χ4v) is 1.80. The van der Waals surface area contributed by atoms with E-state index in [1.165, 1.54) is 38.5 Å². The largest absolute Gasteiger partial charge is 0.390 e. The van der Waals surface area contributed by atoms with Crippen LogP contribution in [0.25, 0.3) is 0 Å². The van der Waals surface area contributed by atoms with Crippen molar-refractivity contribution in [1.82, 2.24) is 0 Å². The van der Waals surface area contributed by atoms with Crippen LogP contribution in [0.4, 0.5) is 0 Å². The second-order valence-corrected chi connectivity index (χ2v) is 6.40. The molecule has 0 fully saturated rings. The number of hydrogen-bond donors (Lipinski definition) is 1. The Labute approximate surface area is 103 Å². The van der Waals surface area contributed by atoms with Gasteiger partial charge in [0.2, 0.25) is 0 Å². The highest BCUT2D eigenvalue weighted by molar-refractivity contribution is 4.85. The average molecular weight is 228 g/mol. The summed E-state index contributed by atoms with van der Waals surface area (Å²) in [5.41, 5.74) is -0.522. The molecule has 0 amide bonds. The SMILES string of the molecule is CCCCCCCCCC(C)(O)C(C)(C)C. The molecule has 0 aromatic heterocycles. The molecular weight excluding hydrogens is 196 g/mol. The Bertz CT molecular complexity index is 165. The Hall–Kier alpha value is -0.0400. The topological polar surface area (TPSA) is 20.2 Å². The van der Waals surface area contributed by atoms with Gasteiger partial charge < -0.3 is 5.11 Å². The van der Waals surface area contributed by atoms with E-state index in [0.29, 0.717) is 0 Å². The van der Waals surface area contributed by atoms with Crippen LogP contribution >= 0.6 is 0 Å². The molecule has 1 heteroatoms. The van der Waals surface area contributed by atoms with Gasteiger partial charge in [-0.1, -0.05) is 72.6 Å². The van der Waals surface area contributed by atoms with Crippen molar-refractivity contribution in [1.29, 1.82) is 0 Å². The van der Waals surface area contributed by atoms with Gasteiger partial charge in [-0.15, -0.1) is 0 Å². The summed E-state index contributed by atoms with van der Waals surface area (Å²) < 4.78 is 0. The second kappa shape index (κ2) is 7.32. The van der Waals surface area contributed by atoms with E-state index < -0.39 is 5.60 Å². The molecule has 0 spiro atoms. The van der Waals surface area contributed by atoms with Crippen molar-refractivity contribution in [2.45, 2.75) is 91.6 Å². The van der Waals surface area contributed by atoms with Crippen LogP contribution in [0.1, 0.15) is 86.0 Å². The van der Waals surface area contributed by atoms with Gasteiger partial charge in [-0.25, -0.2) is 0 Å². The molecule has 1 N–H and O–H groups in total. The molecule has 1 nitrogen and oxygen atoms in total. The molecule has 0 aliphatic carbocycles. The Morgan fingerprint density at radius 1 is 0.750 bits per heavy atom. The minimum atomic E-state index is -0.517. The first-order valence-electron chi connectivity index (χ1n) is 7.03. The molecule has 16 heavy (non-hydrogen) atoms. The zero-order chi connectivity index (χ0) is 12.7. The van der Waals surface area contributed by atoms with Crippen molar-refractivity contribution in [2.24, 2.45) is 5.41 Å². The summed E-state index contributed by atoms with van der Waals surface area (Å²) >= 11 is 0. The van der Waals surface area contributed by atoms with Crippen molar-refractivity contribution >= 4 is 0 Å². The summed E-state index contributed by atoms with van der Waals surface area (Å²) in [5, 5.41) is 10.3. The van der Waals surface area contributed by atoms with Gasteiger partial charge >= 0.3 is 0 Å². The van der Waals surface area contributed by atoms with Gasteiger partial charge in [0.1, 0.15) is 0 Å². The first kappa shape index (κ1) is 16.0. The molecule has 0 bridgehead atoms. The zero-order valence-electron chi connectivity index (χ0n) is 12.1. The molecule has 1 unspecified atom stereocenters. The summed E-state index contributed by atoms with van der Waals surface area (Å²) in [6, 6.07) is 0. The maximum absolute atomic E-state index is 10.3. The normalized spacial score (nSPS) is 16.1. The van der Waals surface area contributed by atoms with E-state index in [9.17, 15) is 5.11 Å². The van der Waals surface area contributed by atoms with E-state index in [1.807, 2.05) is 6.92 Å². The van der Waals surface area contributed by atoms with Gasteiger partial charge in [-0.05, 0) is 18.8 Å². The van der Waals surface area contributed by atoms with Crippen LogP contribution in [0, 0.1) is 5.41 Å². The van der Waals surface area contributed by atoms with Crippen molar-refractivity contribution < 1.29 is 5.11 Å². The molecule has 98 valence electrons. The Morgan fingerprint density at radius 3 is 1.62 bits per heavy atom. The van der Waals surface area contributed by atoms with Gasteiger partial charge in [-0.3, -0.25) is 0 Å². The fraction of sp³-hybridized carbons (Fsp3) is 1.00. The van der Waals surface area contributed by atoms with E-state index in [0.717, 1.165) is 12.8 Å². The third kappa shape index (κ3) is 6.52. The Morgan fingerprint density at radius 2 is 1.19 bits per heavy atom. The van der Waals surface area contributed by atoms with Crippen molar-refractivity contribution in [3.63, 3.8) is 0 Å². The molecule has 0 aliphatic rings. The van der Waals surface area contributed by atoms with Crippen LogP contribution in [0.3, 0.4) is 0 Å². The molecule has 0 rings (SSSR count). The number of aliphatic hydroxyl groups is 1. The van der Waals surface area contributed by atoms with Crippen LogP contribution in [-0.2, 0) is 0 Å². The highest BCUT2D eigenvalue weighted by atomic mass is 16.3. The van der Waals surface area contributed by atoms with Crippen LogP contribution in [0.15, 0.2) is 0 Å². The summed E-state index contributed by atoms with van der Waals surface area (Å²) in [5.74, 6) is 0. The predicted octanol–water partition coefficient (Wildman–Crippen LogP) is 4.92. The summed E-state index contributed by atoms with van der Waals surface area (Å²) in [6.45, 7) is 10.6. The second-order valence-electron chi connectivity index (χ2n) is 6.40. The highest BCUT2D eigenvalue weighted by Gasteiger charge is 2.34. The van der Waals surface area contributed by atoms with Gasteiger partial charge in [-0.2, -0.15) is 0 Å². The molecule has 0 aromatic carbocycles. The summed E-state index contributed by atoms with van der Waals surface area (Å²) in [6.07, 6.45) is 10.1. The van der Waals surface area contributed by atoms with Crippen molar-refractivity contribution in [3.05, 3.63) is 0 Å². The van der Waals surface area contributed by atoms with Crippen LogP contribution in [0.5, 0.6) is 0 Å². The van der Waals surface area contributed by atoms with E-state index in [-0.39, 0.29) is 5.41 Å². The minimum Gasteiger partial charge on any atom is -0.390 e. The first-order chi connectivity index (χ1) is 7.31. The number of rotatable bonds is 8. The molecular formula is C15H32O. The van der Waals surface area contributed by atoms with Gasteiger partial charge in [0.25, 0.3) is 0 Å². The lowest BCUT2D eigenvalue weighted by Gasteiger charge is -2.37. The highest BCUT2D eigenvalue weighted by Crippen LogP contribution is 2.34. The quantitative estimate of drug-likeness (QED) is 0.584. The molecule has 0 heterocycles. The maximum Gasteiger partial charge on any atom is 0.0667 e. The van der Waals surface area contributed by atoms with E-state index in [2.05, 4.69) is 27.7 Å². The molecule has 0 radical (unpaired) electrons. The van der Waals surface area contributed by atoms with Crippen LogP contribution in [-0.4, -0.2) is 10.7 Å². The van der Waals surface area contributed by atoms with E-state index in [1.54, 1.807) is 0 Å². The average Bonchev–Trinajstić information content (AvgIpc) is 2.14. The van der Waals surface area contributed by atoms with Gasteiger partial charge in [0.15, 0.2) is 0 Å². The molecule has 0 saturated heterocycles. The Kier molecular flexibility index (Phi) is 7.30.